The van der Waals surface area contributed by atoms with E-state index >= 15 is 0 Å². The molecule has 2 nitrogen and oxygen atoms in total. The molecule has 0 aliphatic carbocycles. The summed E-state index contributed by atoms with van der Waals surface area (Å²) >= 11 is 0. The van der Waals surface area contributed by atoms with Gasteiger partial charge < -0.3 is 5.32 Å². The van der Waals surface area contributed by atoms with Gasteiger partial charge in [0, 0.05) is 18.7 Å². The Kier molecular flexibility index (Phi) is 8.22. The fraction of sp³-hybridized carbons (Fsp3) is 0.867. The Morgan fingerprint density at radius 1 is 1.15 bits per heavy atom. The van der Waals surface area contributed by atoms with Crippen molar-refractivity contribution in [2.75, 3.05) is 32.7 Å². The highest BCUT2D eigenvalue weighted by Gasteiger charge is 2.34. The molecule has 1 rings (SSSR count). The van der Waals surface area contributed by atoms with E-state index < -0.39 is 6.18 Å². The minimum atomic E-state index is -4.13. The summed E-state index contributed by atoms with van der Waals surface area (Å²) in [5.41, 5.74) is -0.351. The van der Waals surface area contributed by atoms with Gasteiger partial charge in [0.1, 0.15) is 0 Å². The molecular weight excluding hydrogens is 265 g/mol. The van der Waals surface area contributed by atoms with E-state index in [1.165, 1.54) is 31.8 Å². The summed E-state index contributed by atoms with van der Waals surface area (Å²) in [6.07, 6.45) is 3.18. The maximum atomic E-state index is 12.5. The standard InChI is InChI=1S/C15H27F3N2/c1-2-9-19-10-5-3-4-6-11-20-12-7-14(8-13-20)15(16,17)18/h7,19H,2-6,8-13H2,1H3. The van der Waals surface area contributed by atoms with E-state index in [9.17, 15) is 13.2 Å². The zero-order chi connectivity index (χ0) is 14.8. The van der Waals surface area contributed by atoms with Crippen LogP contribution in [0.3, 0.4) is 0 Å². The normalized spacial score (nSPS) is 17.3. The molecule has 0 spiro atoms. The lowest BCUT2D eigenvalue weighted by molar-refractivity contribution is -0.0960. The highest BCUT2D eigenvalue weighted by Crippen LogP contribution is 2.30. The molecule has 1 aliphatic rings. The molecule has 0 aromatic rings. The van der Waals surface area contributed by atoms with Crippen molar-refractivity contribution in [3.8, 4) is 0 Å². The van der Waals surface area contributed by atoms with Crippen molar-refractivity contribution in [2.24, 2.45) is 0 Å². The second-order valence-electron chi connectivity index (χ2n) is 5.44. The van der Waals surface area contributed by atoms with Gasteiger partial charge in [0.25, 0.3) is 0 Å². The first kappa shape index (κ1) is 17.5. The van der Waals surface area contributed by atoms with Crippen LogP contribution in [0, 0.1) is 0 Å². The molecule has 0 unspecified atom stereocenters. The lowest BCUT2D eigenvalue weighted by atomic mass is 10.1. The smallest absolute Gasteiger partial charge is 0.317 e. The van der Waals surface area contributed by atoms with Gasteiger partial charge in [-0.1, -0.05) is 25.8 Å². The highest BCUT2D eigenvalue weighted by molar-refractivity contribution is 5.12. The second kappa shape index (κ2) is 9.40. The van der Waals surface area contributed by atoms with Crippen molar-refractivity contribution in [1.82, 2.24) is 10.2 Å². The average Bonchev–Trinajstić information content (AvgIpc) is 2.41. The molecule has 1 aliphatic heterocycles. The van der Waals surface area contributed by atoms with Gasteiger partial charge in [-0.3, -0.25) is 4.90 Å². The predicted octanol–water partition coefficient (Wildman–Crippen LogP) is 3.74. The predicted molar refractivity (Wildman–Crippen MR) is 76.8 cm³/mol. The van der Waals surface area contributed by atoms with E-state index in [2.05, 4.69) is 17.1 Å². The summed E-state index contributed by atoms with van der Waals surface area (Å²) in [4.78, 5) is 2.12. The number of alkyl halides is 3. The third kappa shape index (κ3) is 7.29. The Bertz CT molecular complexity index is 287. The lowest BCUT2D eigenvalue weighted by Crippen LogP contribution is -2.32. The molecule has 20 heavy (non-hydrogen) atoms. The molecule has 0 bridgehead atoms. The van der Waals surface area contributed by atoms with Crippen LogP contribution in [0.25, 0.3) is 0 Å². The van der Waals surface area contributed by atoms with Crippen LogP contribution in [0.15, 0.2) is 11.6 Å². The summed E-state index contributed by atoms with van der Waals surface area (Å²) in [5, 5.41) is 3.37. The first-order valence-corrected chi connectivity index (χ1v) is 7.73. The van der Waals surface area contributed by atoms with Crippen molar-refractivity contribution in [3.63, 3.8) is 0 Å². The summed E-state index contributed by atoms with van der Waals surface area (Å²) < 4.78 is 37.4. The molecule has 0 amide bonds. The number of hydrogen-bond acceptors (Lipinski definition) is 2. The van der Waals surface area contributed by atoms with E-state index in [0.29, 0.717) is 13.1 Å². The summed E-state index contributed by atoms with van der Waals surface area (Å²) in [7, 11) is 0. The summed E-state index contributed by atoms with van der Waals surface area (Å²) in [6, 6.07) is 0. The van der Waals surface area contributed by atoms with E-state index in [0.717, 1.165) is 26.1 Å². The van der Waals surface area contributed by atoms with Gasteiger partial charge in [0.2, 0.25) is 0 Å². The molecule has 0 radical (unpaired) electrons. The minimum Gasteiger partial charge on any atom is -0.317 e. The third-order valence-electron chi connectivity index (χ3n) is 3.66. The minimum absolute atomic E-state index is 0.143. The van der Waals surface area contributed by atoms with Crippen LogP contribution in [-0.2, 0) is 0 Å². The molecular formula is C15H27F3N2. The molecule has 118 valence electrons. The molecule has 0 fully saturated rings. The molecule has 0 saturated carbocycles. The monoisotopic (exact) mass is 292 g/mol. The van der Waals surface area contributed by atoms with Crippen LogP contribution in [0.1, 0.15) is 45.4 Å². The second-order valence-corrected chi connectivity index (χ2v) is 5.44. The highest BCUT2D eigenvalue weighted by atomic mass is 19.4. The number of unbranched alkanes of at least 4 members (excludes halogenated alkanes) is 3. The fourth-order valence-corrected chi connectivity index (χ4v) is 2.41. The maximum Gasteiger partial charge on any atom is 0.412 e. The molecule has 1 N–H and O–H groups in total. The molecule has 0 saturated heterocycles. The number of nitrogens with one attached hydrogen (secondary N) is 1. The lowest BCUT2D eigenvalue weighted by Gasteiger charge is -2.27. The van der Waals surface area contributed by atoms with Gasteiger partial charge >= 0.3 is 6.18 Å². The first-order valence-electron chi connectivity index (χ1n) is 7.73. The molecule has 1 heterocycles. The fourth-order valence-electron chi connectivity index (χ4n) is 2.41. The Morgan fingerprint density at radius 3 is 2.50 bits per heavy atom. The largest absolute Gasteiger partial charge is 0.412 e. The average molecular weight is 292 g/mol. The summed E-state index contributed by atoms with van der Waals surface area (Å²) in [6.45, 7) is 6.24. The van der Waals surface area contributed by atoms with E-state index in [4.69, 9.17) is 0 Å². The van der Waals surface area contributed by atoms with Gasteiger partial charge in [0.15, 0.2) is 0 Å². The maximum absolute atomic E-state index is 12.5. The van der Waals surface area contributed by atoms with E-state index in [-0.39, 0.29) is 12.0 Å². The van der Waals surface area contributed by atoms with Crippen LogP contribution < -0.4 is 5.32 Å². The summed E-state index contributed by atoms with van der Waals surface area (Å²) in [5.74, 6) is 0. The Hall–Kier alpha value is -0.550. The molecule has 0 aromatic heterocycles. The van der Waals surface area contributed by atoms with E-state index in [1.807, 2.05) is 0 Å². The van der Waals surface area contributed by atoms with Gasteiger partial charge in [-0.15, -0.1) is 0 Å². The number of hydrogen-bond donors (Lipinski definition) is 1. The van der Waals surface area contributed by atoms with Crippen LogP contribution in [0.4, 0.5) is 13.2 Å². The number of rotatable bonds is 9. The van der Waals surface area contributed by atoms with Crippen molar-refractivity contribution in [2.45, 2.75) is 51.6 Å². The third-order valence-corrected chi connectivity index (χ3v) is 3.66. The first-order chi connectivity index (χ1) is 9.54. The zero-order valence-corrected chi connectivity index (χ0v) is 12.4. The van der Waals surface area contributed by atoms with Crippen molar-refractivity contribution >= 4 is 0 Å². The van der Waals surface area contributed by atoms with Crippen molar-refractivity contribution < 1.29 is 13.2 Å². The van der Waals surface area contributed by atoms with Crippen LogP contribution in [0.5, 0.6) is 0 Å². The Morgan fingerprint density at radius 2 is 1.90 bits per heavy atom. The van der Waals surface area contributed by atoms with E-state index in [1.54, 1.807) is 0 Å². The number of halogens is 3. The SMILES string of the molecule is CCCNCCCCCCN1CC=C(C(F)(F)F)CC1. The topological polar surface area (TPSA) is 15.3 Å². The van der Waals surface area contributed by atoms with Crippen LogP contribution in [-0.4, -0.2) is 43.8 Å². The van der Waals surface area contributed by atoms with Gasteiger partial charge in [-0.05, 0) is 45.3 Å². The zero-order valence-electron chi connectivity index (χ0n) is 12.4. The van der Waals surface area contributed by atoms with Gasteiger partial charge in [-0.2, -0.15) is 13.2 Å². The van der Waals surface area contributed by atoms with Gasteiger partial charge in [0.05, 0.1) is 0 Å². The van der Waals surface area contributed by atoms with Crippen molar-refractivity contribution in [1.29, 1.82) is 0 Å². The van der Waals surface area contributed by atoms with Crippen LogP contribution >= 0.6 is 0 Å². The molecule has 5 heteroatoms. The molecule has 0 aromatic carbocycles. The Labute approximate surface area is 120 Å². The van der Waals surface area contributed by atoms with Crippen molar-refractivity contribution in [3.05, 3.63) is 11.6 Å². The molecule has 0 atom stereocenters. The number of nitrogens with zero attached hydrogens (tertiary/aromatic N) is 1. The quantitative estimate of drug-likeness (QED) is 0.514. The Balaban J connectivity index is 2.01. The van der Waals surface area contributed by atoms with Crippen LogP contribution in [0.2, 0.25) is 0 Å². The van der Waals surface area contributed by atoms with Gasteiger partial charge in [-0.25, -0.2) is 0 Å².